The van der Waals surface area contributed by atoms with Crippen LogP contribution < -0.4 is 4.90 Å². The van der Waals surface area contributed by atoms with Crippen LogP contribution in [0.5, 0.6) is 0 Å². The van der Waals surface area contributed by atoms with Crippen LogP contribution in [-0.2, 0) is 11.2 Å². The van der Waals surface area contributed by atoms with Crippen molar-refractivity contribution in [3.63, 3.8) is 0 Å². The number of anilines is 1. The maximum absolute atomic E-state index is 12.9. The molecule has 5 rings (SSSR count). The number of thioether (sulfide) groups is 1. The summed E-state index contributed by atoms with van der Waals surface area (Å²) in [7, 11) is 0. The third kappa shape index (κ3) is 2.76. The fourth-order valence-corrected chi connectivity index (χ4v) is 4.70. The molecule has 1 aliphatic heterocycles. The van der Waals surface area contributed by atoms with Gasteiger partial charge in [-0.05, 0) is 50.7 Å². The first-order valence-electron chi connectivity index (χ1n) is 9.20. The Morgan fingerprint density at radius 3 is 2.76 bits per heavy atom. The quantitative estimate of drug-likeness (QED) is 0.771. The van der Waals surface area contributed by atoms with Crippen molar-refractivity contribution in [2.75, 3.05) is 10.7 Å². The molecule has 1 aromatic heterocycles. The second-order valence-electron chi connectivity index (χ2n) is 7.45. The van der Waals surface area contributed by atoms with Crippen LogP contribution in [-0.4, -0.2) is 32.5 Å². The lowest BCUT2D eigenvalue weighted by atomic mass is 10.1. The molecular weight excluding hydrogens is 332 g/mol. The van der Waals surface area contributed by atoms with Crippen LogP contribution in [0.4, 0.5) is 5.69 Å². The van der Waals surface area contributed by atoms with Crippen molar-refractivity contribution in [3.8, 4) is 0 Å². The van der Waals surface area contributed by atoms with Crippen molar-refractivity contribution < 1.29 is 4.79 Å². The predicted molar refractivity (Wildman–Crippen MR) is 98.1 cm³/mol. The van der Waals surface area contributed by atoms with E-state index < -0.39 is 0 Å². The summed E-state index contributed by atoms with van der Waals surface area (Å²) in [4.78, 5) is 14.8. The number of aromatic nitrogens is 3. The Morgan fingerprint density at radius 1 is 1.20 bits per heavy atom. The van der Waals surface area contributed by atoms with E-state index in [-0.39, 0.29) is 11.9 Å². The van der Waals surface area contributed by atoms with Crippen LogP contribution in [0.3, 0.4) is 0 Å². The summed E-state index contributed by atoms with van der Waals surface area (Å²) in [6.07, 6.45) is 5.84. The van der Waals surface area contributed by atoms with Crippen LogP contribution in [0.15, 0.2) is 29.4 Å². The minimum Gasteiger partial charge on any atom is -0.308 e. The van der Waals surface area contributed by atoms with E-state index in [9.17, 15) is 4.79 Å². The molecule has 1 atom stereocenters. The van der Waals surface area contributed by atoms with Gasteiger partial charge in [-0.1, -0.05) is 30.0 Å². The van der Waals surface area contributed by atoms with E-state index in [1.165, 1.54) is 31.2 Å². The summed E-state index contributed by atoms with van der Waals surface area (Å²) in [5.41, 5.74) is 2.34. The van der Waals surface area contributed by atoms with Crippen molar-refractivity contribution in [2.45, 2.75) is 62.2 Å². The standard InChI is InChI=1S/C19H22N4OS/c1-12-10-14-4-2-3-5-16(14)22(12)17(24)11-25-19-21-20-18(13-6-7-13)23(19)15-8-9-15/h2-5,12-13,15H,6-11H2,1H3/t12-/m1/s1. The molecule has 0 N–H and O–H groups in total. The minimum absolute atomic E-state index is 0.167. The fourth-order valence-electron chi connectivity index (χ4n) is 3.82. The molecular formula is C19H22N4OS. The normalized spacial score (nSPS) is 22.3. The number of para-hydroxylation sites is 1. The Kier molecular flexibility index (Phi) is 3.62. The van der Waals surface area contributed by atoms with Gasteiger partial charge in [0, 0.05) is 23.7 Å². The van der Waals surface area contributed by atoms with E-state index in [0.717, 1.165) is 23.1 Å². The first kappa shape index (κ1) is 15.4. The van der Waals surface area contributed by atoms with Crippen molar-refractivity contribution in [3.05, 3.63) is 35.7 Å². The lowest BCUT2D eigenvalue weighted by Crippen LogP contribution is -2.37. The number of hydrogen-bond donors (Lipinski definition) is 0. The Hall–Kier alpha value is -1.82. The average molecular weight is 354 g/mol. The molecule has 2 fully saturated rings. The number of carbonyl (C=O) groups is 1. The molecule has 0 radical (unpaired) electrons. The number of benzene rings is 1. The highest BCUT2D eigenvalue weighted by Crippen LogP contribution is 2.46. The minimum atomic E-state index is 0.167. The molecule has 0 spiro atoms. The van der Waals surface area contributed by atoms with E-state index in [1.807, 2.05) is 17.0 Å². The van der Waals surface area contributed by atoms with Crippen molar-refractivity contribution >= 4 is 23.4 Å². The molecule has 2 saturated carbocycles. The summed E-state index contributed by atoms with van der Waals surface area (Å²) in [6, 6.07) is 9.03. The number of amides is 1. The van der Waals surface area contributed by atoms with Gasteiger partial charge in [0.25, 0.3) is 0 Å². The second-order valence-corrected chi connectivity index (χ2v) is 8.39. The van der Waals surface area contributed by atoms with Crippen LogP contribution in [0.1, 0.15) is 56.0 Å². The smallest absolute Gasteiger partial charge is 0.237 e. The van der Waals surface area contributed by atoms with Gasteiger partial charge in [-0.15, -0.1) is 10.2 Å². The molecule has 3 aliphatic rings. The third-order valence-corrected chi connectivity index (χ3v) is 6.27. The van der Waals surface area contributed by atoms with Crippen LogP contribution in [0, 0.1) is 0 Å². The molecule has 6 heteroatoms. The zero-order valence-electron chi connectivity index (χ0n) is 14.4. The molecule has 0 bridgehead atoms. The van der Waals surface area contributed by atoms with Crippen molar-refractivity contribution in [2.24, 2.45) is 0 Å². The van der Waals surface area contributed by atoms with E-state index in [1.54, 1.807) is 11.8 Å². The molecule has 0 saturated heterocycles. The maximum Gasteiger partial charge on any atom is 0.237 e. The predicted octanol–water partition coefficient (Wildman–Crippen LogP) is 3.56. The molecule has 0 unspecified atom stereocenters. The van der Waals surface area contributed by atoms with Crippen molar-refractivity contribution in [1.82, 2.24) is 14.8 Å². The van der Waals surface area contributed by atoms with E-state index >= 15 is 0 Å². The van der Waals surface area contributed by atoms with Crippen molar-refractivity contribution in [1.29, 1.82) is 0 Å². The summed E-state index contributed by atoms with van der Waals surface area (Å²) < 4.78 is 2.32. The Bertz CT molecular complexity index is 825. The van der Waals surface area contributed by atoms with Gasteiger partial charge in [0.2, 0.25) is 5.91 Å². The number of nitrogens with zero attached hydrogens (tertiary/aromatic N) is 4. The maximum atomic E-state index is 12.9. The molecule has 1 aromatic carbocycles. The molecule has 1 amide bonds. The number of fused-ring (bicyclic) bond motifs is 1. The van der Waals surface area contributed by atoms with Gasteiger partial charge in [0.05, 0.1) is 5.75 Å². The fraction of sp³-hybridized carbons (Fsp3) is 0.526. The number of carbonyl (C=O) groups excluding carboxylic acids is 1. The summed E-state index contributed by atoms with van der Waals surface area (Å²) >= 11 is 1.55. The number of rotatable bonds is 5. The molecule has 2 aliphatic carbocycles. The SMILES string of the molecule is C[C@@H]1Cc2ccccc2N1C(=O)CSc1nnc(C2CC2)n1C1CC1. The van der Waals surface area contributed by atoms with Gasteiger partial charge in [-0.2, -0.15) is 0 Å². The lowest BCUT2D eigenvalue weighted by Gasteiger charge is -2.22. The van der Waals surface area contributed by atoms with E-state index in [0.29, 0.717) is 17.7 Å². The van der Waals surface area contributed by atoms with Gasteiger partial charge < -0.3 is 9.47 Å². The Morgan fingerprint density at radius 2 is 2.00 bits per heavy atom. The lowest BCUT2D eigenvalue weighted by molar-refractivity contribution is -0.116. The van der Waals surface area contributed by atoms with Gasteiger partial charge in [0.1, 0.15) is 5.82 Å². The summed E-state index contributed by atoms with van der Waals surface area (Å²) in [6.45, 7) is 2.13. The topological polar surface area (TPSA) is 51.0 Å². The third-order valence-electron chi connectivity index (χ3n) is 5.35. The van der Waals surface area contributed by atoms with Gasteiger partial charge in [-0.25, -0.2) is 0 Å². The largest absolute Gasteiger partial charge is 0.308 e. The Labute approximate surface area is 151 Å². The molecule has 25 heavy (non-hydrogen) atoms. The second kappa shape index (κ2) is 5.87. The highest BCUT2D eigenvalue weighted by Gasteiger charge is 2.37. The van der Waals surface area contributed by atoms with E-state index in [4.69, 9.17) is 0 Å². The molecule has 2 aromatic rings. The number of hydrogen-bond acceptors (Lipinski definition) is 4. The Balaban J connectivity index is 1.33. The zero-order valence-corrected chi connectivity index (χ0v) is 15.2. The van der Waals surface area contributed by atoms with Crippen LogP contribution in [0.25, 0.3) is 0 Å². The average Bonchev–Trinajstić information content (AvgIpc) is 3.54. The van der Waals surface area contributed by atoms with E-state index in [2.05, 4.69) is 33.8 Å². The first-order chi connectivity index (χ1) is 12.2. The van der Waals surface area contributed by atoms with Gasteiger partial charge >= 0.3 is 0 Å². The van der Waals surface area contributed by atoms with Gasteiger partial charge in [-0.3, -0.25) is 4.79 Å². The summed E-state index contributed by atoms with van der Waals surface area (Å²) in [5, 5.41) is 9.77. The molecule has 130 valence electrons. The monoisotopic (exact) mass is 354 g/mol. The molecule has 5 nitrogen and oxygen atoms in total. The van der Waals surface area contributed by atoms with Crippen LogP contribution in [0.2, 0.25) is 0 Å². The molecule has 2 heterocycles. The zero-order chi connectivity index (χ0) is 17.0. The highest BCUT2D eigenvalue weighted by molar-refractivity contribution is 7.99. The van der Waals surface area contributed by atoms with Crippen LogP contribution >= 0.6 is 11.8 Å². The summed E-state index contributed by atoms with van der Waals surface area (Å²) in [5.74, 6) is 2.34. The highest BCUT2D eigenvalue weighted by atomic mass is 32.2. The first-order valence-corrected chi connectivity index (χ1v) is 10.2. The van der Waals surface area contributed by atoms with Gasteiger partial charge in [0.15, 0.2) is 5.16 Å².